The fourth-order valence-corrected chi connectivity index (χ4v) is 3.21. The highest BCUT2D eigenvalue weighted by Crippen LogP contribution is 2.34. The maximum absolute atomic E-state index is 12.9. The highest BCUT2D eigenvalue weighted by molar-refractivity contribution is 6.03. The van der Waals surface area contributed by atoms with Crippen molar-refractivity contribution in [3.63, 3.8) is 0 Å². The van der Waals surface area contributed by atoms with Gasteiger partial charge in [0.15, 0.2) is 0 Å². The number of rotatable bonds is 5. The molecule has 9 heteroatoms. The van der Waals surface area contributed by atoms with Crippen LogP contribution < -0.4 is 15.0 Å². The summed E-state index contributed by atoms with van der Waals surface area (Å²) in [7, 11) is 1.22. The van der Waals surface area contributed by atoms with E-state index in [1.165, 1.54) is 36.3 Å². The van der Waals surface area contributed by atoms with Crippen LogP contribution in [0.1, 0.15) is 24.1 Å². The molecule has 1 atom stereocenters. The number of methoxy groups -OCH3 is 1. The molecule has 30 heavy (non-hydrogen) atoms. The Labute approximate surface area is 171 Å². The number of carbonyl (C=O) groups is 2. The van der Waals surface area contributed by atoms with Gasteiger partial charge in [0, 0.05) is 5.70 Å². The van der Waals surface area contributed by atoms with Crippen LogP contribution in [0.5, 0.6) is 5.75 Å². The number of amides is 2. The highest BCUT2D eigenvalue weighted by Gasteiger charge is 2.37. The Morgan fingerprint density at radius 3 is 2.33 bits per heavy atom. The van der Waals surface area contributed by atoms with Gasteiger partial charge >= 0.3 is 18.6 Å². The number of allylic oxidation sites excluding steroid dienone is 1. The number of benzene rings is 2. The van der Waals surface area contributed by atoms with Crippen LogP contribution in [0.2, 0.25) is 0 Å². The molecule has 154 valence electrons. The zero-order valence-corrected chi connectivity index (χ0v) is 16.1. The van der Waals surface area contributed by atoms with E-state index in [0.717, 1.165) is 0 Å². The average Bonchev–Trinajstić information content (AvgIpc) is 2.73. The summed E-state index contributed by atoms with van der Waals surface area (Å²) in [5, 5.41) is 11.7. The zero-order chi connectivity index (χ0) is 21.8. The quantitative estimate of drug-likeness (QED) is 0.752. The maximum Gasteiger partial charge on any atom is 0.387 e. The standard InChI is InChI=1S/C21H17F2N3O4/c1-12-17(19(27)29-2)18(14-5-9-16(10-6-14)30-20(22)23)25-21(28)26(12)15-7-3-13(11-24)4-8-15/h3-10,18,20H,1-2H3,(H,25,28). The van der Waals surface area contributed by atoms with Crippen molar-refractivity contribution in [1.29, 1.82) is 5.26 Å². The largest absolute Gasteiger partial charge is 0.466 e. The van der Waals surface area contributed by atoms with Crippen LogP contribution >= 0.6 is 0 Å². The lowest BCUT2D eigenvalue weighted by Gasteiger charge is -2.35. The maximum atomic E-state index is 12.9. The monoisotopic (exact) mass is 413 g/mol. The Morgan fingerprint density at radius 1 is 1.17 bits per heavy atom. The fourth-order valence-electron chi connectivity index (χ4n) is 3.21. The number of nitrogens with zero attached hydrogens (tertiary/aromatic N) is 2. The summed E-state index contributed by atoms with van der Waals surface area (Å²) in [6, 6.07) is 12.6. The van der Waals surface area contributed by atoms with Gasteiger partial charge < -0.3 is 14.8 Å². The Bertz CT molecular complexity index is 1030. The molecule has 1 aliphatic heterocycles. The van der Waals surface area contributed by atoms with E-state index in [9.17, 15) is 18.4 Å². The van der Waals surface area contributed by atoms with E-state index >= 15 is 0 Å². The first kappa shape index (κ1) is 20.8. The van der Waals surface area contributed by atoms with Crippen molar-refractivity contribution < 1.29 is 27.8 Å². The Balaban J connectivity index is 2.03. The third-order valence-corrected chi connectivity index (χ3v) is 4.58. The van der Waals surface area contributed by atoms with E-state index < -0.39 is 24.7 Å². The van der Waals surface area contributed by atoms with Gasteiger partial charge in [-0.25, -0.2) is 9.59 Å². The summed E-state index contributed by atoms with van der Waals surface area (Å²) in [4.78, 5) is 26.7. The van der Waals surface area contributed by atoms with E-state index in [-0.39, 0.29) is 11.3 Å². The second kappa shape index (κ2) is 8.61. The van der Waals surface area contributed by atoms with Gasteiger partial charge in [0.25, 0.3) is 0 Å². The first-order chi connectivity index (χ1) is 14.3. The number of nitrogens with one attached hydrogen (secondary N) is 1. The van der Waals surface area contributed by atoms with Crippen LogP contribution in [0.15, 0.2) is 59.8 Å². The van der Waals surface area contributed by atoms with Gasteiger partial charge in [-0.15, -0.1) is 0 Å². The molecule has 7 nitrogen and oxygen atoms in total. The molecule has 0 fully saturated rings. The first-order valence-electron chi connectivity index (χ1n) is 8.80. The molecule has 0 spiro atoms. The summed E-state index contributed by atoms with van der Waals surface area (Å²) in [5.74, 6) is -0.695. The lowest BCUT2D eigenvalue weighted by Crippen LogP contribution is -2.48. The highest BCUT2D eigenvalue weighted by atomic mass is 19.3. The summed E-state index contributed by atoms with van der Waals surface area (Å²) in [6.45, 7) is -1.36. The zero-order valence-electron chi connectivity index (χ0n) is 16.1. The summed E-state index contributed by atoms with van der Waals surface area (Å²) in [6.07, 6.45) is 0. The second-order valence-electron chi connectivity index (χ2n) is 6.31. The molecule has 1 N–H and O–H groups in total. The van der Waals surface area contributed by atoms with Crippen molar-refractivity contribution >= 4 is 17.7 Å². The molecule has 2 aromatic rings. The van der Waals surface area contributed by atoms with Crippen LogP contribution in [0.3, 0.4) is 0 Å². The van der Waals surface area contributed by atoms with Crippen molar-refractivity contribution in [2.75, 3.05) is 12.0 Å². The van der Waals surface area contributed by atoms with Crippen LogP contribution in [-0.2, 0) is 9.53 Å². The SMILES string of the molecule is COC(=O)C1=C(C)N(c2ccc(C#N)cc2)C(=O)NC1c1ccc(OC(F)F)cc1. The van der Waals surface area contributed by atoms with Gasteiger partial charge in [-0.05, 0) is 48.9 Å². The van der Waals surface area contributed by atoms with Gasteiger partial charge in [0.05, 0.1) is 36.0 Å². The molecular formula is C21H17F2N3O4. The second-order valence-corrected chi connectivity index (χ2v) is 6.31. The molecule has 2 aromatic carbocycles. The number of esters is 1. The molecule has 1 heterocycles. The van der Waals surface area contributed by atoms with Gasteiger partial charge in [-0.3, -0.25) is 4.90 Å². The fraction of sp³-hybridized carbons (Fsp3) is 0.190. The number of hydrogen-bond donors (Lipinski definition) is 1. The lowest BCUT2D eigenvalue weighted by molar-refractivity contribution is -0.136. The Hall–Kier alpha value is -3.93. The minimum absolute atomic E-state index is 0.0459. The number of hydrogen-bond acceptors (Lipinski definition) is 5. The van der Waals surface area contributed by atoms with Crippen molar-refractivity contribution in [2.24, 2.45) is 0 Å². The molecule has 1 unspecified atom stereocenters. The molecule has 0 saturated carbocycles. The van der Waals surface area contributed by atoms with E-state index in [1.54, 1.807) is 31.2 Å². The minimum Gasteiger partial charge on any atom is -0.466 e. The van der Waals surface area contributed by atoms with Gasteiger partial charge in [0.1, 0.15) is 5.75 Å². The number of anilines is 1. The first-order valence-corrected chi connectivity index (χ1v) is 8.80. The minimum atomic E-state index is -2.96. The predicted molar refractivity (Wildman–Crippen MR) is 103 cm³/mol. The molecule has 0 aromatic heterocycles. The molecular weight excluding hydrogens is 396 g/mol. The van der Waals surface area contributed by atoms with E-state index in [4.69, 9.17) is 10.00 Å². The normalized spacial score (nSPS) is 16.2. The van der Waals surface area contributed by atoms with Crippen molar-refractivity contribution in [1.82, 2.24) is 5.32 Å². The van der Waals surface area contributed by atoms with Crippen molar-refractivity contribution in [3.05, 3.63) is 70.9 Å². The van der Waals surface area contributed by atoms with Crippen LogP contribution in [0.4, 0.5) is 19.3 Å². The molecule has 0 radical (unpaired) electrons. The van der Waals surface area contributed by atoms with Crippen molar-refractivity contribution in [3.8, 4) is 11.8 Å². The molecule has 0 saturated heterocycles. The smallest absolute Gasteiger partial charge is 0.387 e. The van der Waals surface area contributed by atoms with Crippen LogP contribution in [0, 0.1) is 11.3 Å². The third kappa shape index (κ3) is 4.07. The molecule has 0 aliphatic carbocycles. The van der Waals surface area contributed by atoms with E-state index in [2.05, 4.69) is 10.1 Å². The molecule has 2 amide bonds. The van der Waals surface area contributed by atoms with E-state index in [1.807, 2.05) is 6.07 Å². The summed E-state index contributed by atoms with van der Waals surface area (Å²) >= 11 is 0. The number of carbonyl (C=O) groups excluding carboxylic acids is 2. The summed E-state index contributed by atoms with van der Waals surface area (Å²) < 4.78 is 34.0. The Kier molecular flexibility index (Phi) is 5.97. The van der Waals surface area contributed by atoms with Gasteiger partial charge in [-0.1, -0.05) is 12.1 Å². The Morgan fingerprint density at radius 2 is 1.80 bits per heavy atom. The number of halogens is 2. The third-order valence-electron chi connectivity index (χ3n) is 4.58. The number of alkyl halides is 2. The van der Waals surface area contributed by atoms with Gasteiger partial charge in [-0.2, -0.15) is 14.0 Å². The number of ether oxygens (including phenoxy) is 2. The predicted octanol–water partition coefficient (Wildman–Crippen LogP) is 3.88. The molecule has 1 aliphatic rings. The lowest BCUT2D eigenvalue weighted by atomic mass is 9.94. The van der Waals surface area contributed by atoms with Crippen molar-refractivity contribution in [2.45, 2.75) is 19.6 Å². The average molecular weight is 413 g/mol. The van der Waals surface area contributed by atoms with Crippen LogP contribution in [-0.4, -0.2) is 25.7 Å². The summed E-state index contributed by atoms with van der Waals surface area (Å²) in [5.41, 5.74) is 1.90. The molecule has 3 rings (SSSR count). The van der Waals surface area contributed by atoms with Crippen LogP contribution in [0.25, 0.3) is 0 Å². The topological polar surface area (TPSA) is 91.7 Å². The van der Waals surface area contributed by atoms with Gasteiger partial charge in [0.2, 0.25) is 0 Å². The van der Waals surface area contributed by atoms with E-state index in [0.29, 0.717) is 22.5 Å². The number of nitriles is 1. The molecule has 0 bridgehead atoms. The number of urea groups is 1.